The highest BCUT2D eigenvalue weighted by atomic mass is 19.3. The van der Waals surface area contributed by atoms with E-state index < -0.39 is 30.2 Å². The molecule has 1 aromatic rings. The number of esters is 1. The minimum Gasteiger partial charge on any atom is -0.464 e. The summed E-state index contributed by atoms with van der Waals surface area (Å²) in [6.07, 6.45) is -0.822. The number of carbonyl (C=O) groups excluding carboxylic acids is 2. The fourth-order valence-electron chi connectivity index (χ4n) is 1.36. The molecule has 0 unspecified atom stereocenters. The maximum Gasteiger partial charge on any atom is 0.412 e. The van der Waals surface area contributed by atoms with Crippen molar-refractivity contribution in [2.24, 2.45) is 0 Å². The molecule has 0 aliphatic heterocycles. The number of amides is 1. The first-order valence-electron chi connectivity index (χ1n) is 6.16. The Morgan fingerprint density at radius 1 is 1.27 bits per heavy atom. The molecule has 0 aromatic carbocycles. The van der Waals surface area contributed by atoms with Gasteiger partial charge in [0.25, 0.3) is 0 Å². The number of rotatable bonds is 4. The van der Waals surface area contributed by atoms with Crippen LogP contribution in [0.1, 0.15) is 31.3 Å². The maximum atomic E-state index is 12.3. The van der Waals surface area contributed by atoms with Gasteiger partial charge in [-0.1, -0.05) is 0 Å². The minimum absolute atomic E-state index is 0.000278. The van der Waals surface area contributed by atoms with Gasteiger partial charge < -0.3 is 14.2 Å². The molecule has 1 heterocycles. The summed E-state index contributed by atoms with van der Waals surface area (Å²) in [5.74, 6) is -1.41. The van der Waals surface area contributed by atoms with Crippen LogP contribution < -0.4 is 10.1 Å². The molecule has 7 nitrogen and oxygen atoms in total. The maximum absolute atomic E-state index is 12.3. The summed E-state index contributed by atoms with van der Waals surface area (Å²) in [5.41, 5.74) is -1.04. The molecule has 0 aliphatic carbocycles. The summed E-state index contributed by atoms with van der Waals surface area (Å²) >= 11 is 0. The van der Waals surface area contributed by atoms with E-state index in [1.165, 1.54) is 0 Å². The number of ether oxygens (including phenoxy) is 3. The fraction of sp³-hybridized carbons (Fsp3) is 0.462. The SMILES string of the molecule is COC(=O)c1cc(NC(=O)OC(C)(C)C)cc(OC(F)F)n1. The summed E-state index contributed by atoms with van der Waals surface area (Å²) in [5, 5.41) is 2.30. The van der Waals surface area contributed by atoms with Gasteiger partial charge in [-0.2, -0.15) is 8.78 Å². The van der Waals surface area contributed by atoms with Crippen LogP contribution in [0.25, 0.3) is 0 Å². The van der Waals surface area contributed by atoms with Crippen molar-refractivity contribution in [3.8, 4) is 5.88 Å². The predicted octanol–water partition coefficient (Wildman–Crippen LogP) is 2.82. The van der Waals surface area contributed by atoms with Crippen molar-refractivity contribution >= 4 is 17.7 Å². The number of anilines is 1. The van der Waals surface area contributed by atoms with Crippen LogP contribution in [0.4, 0.5) is 19.3 Å². The summed E-state index contributed by atoms with van der Waals surface area (Å²) in [4.78, 5) is 26.7. The number of nitrogens with one attached hydrogen (secondary N) is 1. The lowest BCUT2D eigenvalue weighted by Crippen LogP contribution is -2.27. The van der Waals surface area contributed by atoms with E-state index in [4.69, 9.17) is 4.74 Å². The Morgan fingerprint density at radius 3 is 2.41 bits per heavy atom. The van der Waals surface area contributed by atoms with Crippen LogP contribution in [0.2, 0.25) is 0 Å². The Balaban J connectivity index is 3.02. The van der Waals surface area contributed by atoms with Gasteiger partial charge >= 0.3 is 18.7 Å². The second-order valence-electron chi connectivity index (χ2n) is 5.08. The number of halogens is 2. The van der Waals surface area contributed by atoms with Gasteiger partial charge in [0, 0.05) is 6.07 Å². The number of nitrogens with zero attached hydrogens (tertiary/aromatic N) is 1. The van der Waals surface area contributed by atoms with Crippen molar-refractivity contribution in [2.45, 2.75) is 33.0 Å². The van der Waals surface area contributed by atoms with Crippen LogP contribution in [0.3, 0.4) is 0 Å². The predicted molar refractivity (Wildman–Crippen MR) is 72.1 cm³/mol. The summed E-state index contributed by atoms with van der Waals surface area (Å²) in [7, 11) is 1.10. The van der Waals surface area contributed by atoms with Crippen molar-refractivity contribution in [3.05, 3.63) is 17.8 Å². The van der Waals surface area contributed by atoms with Gasteiger partial charge in [0.05, 0.1) is 12.8 Å². The van der Waals surface area contributed by atoms with E-state index in [1.54, 1.807) is 20.8 Å². The standard InChI is InChI=1S/C13H16F2N2O5/c1-13(2,3)22-12(19)16-7-5-8(10(18)20-4)17-9(6-7)21-11(14)15/h5-6,11H,1-4H3,(H,16,17,19). The van der Waals surface area contributed by atoms with Crippen molar-refractivity contribution in [3.63, 3.8) is 0 Å². The Labute approximate surface area is 125 Å². The van der Waals surface area contributed by atoms with Gasteiger partial charge in [0.2, 0.25) is 5.88 Å². The molecule has 0 atom stereocenters. The molecule has 1 rings (SSSR count). The average Bonchev–Trinajstić information content (AvgIpc) is 2.34. The minimum atomic E-state index is -3.13. The topological polar surface area (TPSA) is 86.8 Å². The van der Waals surface area contributed by atoms with Gasteiger partial charge in [-0.05, 0) is 26.8 Å². The van der Waals surface area contributed by atoms with E-state index in [0.29, 0.717) is 0 Å². The molecule has 1 amide bonds. The van der Waals surface area contributed by atoms with Crippen molar-refractivity contribution < 1.29 is 32.6 Å². The van der Waals surface area contributed by atoms with Gasteiger partial charge in [-0.15, -0.1) is 0 Å². The molecule has 0 spiro atoms. The third-order valence-electron chi connectivity index (χ3n) is 2.05. The number of aromatic nitrogens is 1. The first-order chi connectivity index (χ1) is 10.1. The van der Waals surface area contributed by atoms with E-state index in [1.807, 2.05) is 0 Å². The third kappa shape index (κ3) is 5.90. The molecule has 0 bridgehead atoms. The van der Waals surface area contributed by atoms with Gasteiger partial charge in [-0.3, -0.25) is 5.32 Å². The first kappa shape index (κ1) is 17.6. The van der Waals surface area contributed by atoms with Crippen LogP contribution in [-0.4, -0.2) is 36.4 Å². The lowest BCUT2D eigenvalue weighted by Gasteiger charge is -2.19. The smallest absolute Gasteiger partial charge is 0.412 e. The molecular formula is C13H16F2N2O5. The lowest BCUT2D eigenvalue weighted by molar-refractivity contribution is -0.0529. The van der Waals surface area contributed by atoms with Crippen LogP contribution in [0.5, 0.6) is 5.88 Å². The summed E-state index contributed by atoms with van der Waals surface area (Å²) < 4.78 is 38.1. The molecule has 9 heteroatoms. The lowest BCUT2D eigenvalue weighted by atomic mass is 10.2. The molecule has 122 valence electrons. The summed E-state index contributed by atoms with van der Waals surface area (Å²) in [6, 6.07) is 2.18. The first-order valence-corrected chi connectivity index (χ1v) is 6.16. The number of carbonyl (C=O) groups is 2. The van der Waals surface area contributed by atoms with Crippen LogP contribution in [0.15, 0.2) is 12.1 Å². The number of hydrogen-bond donors (Lipinski definition) is 1. The molecule has 0 radical (unpaired) electrons. The molecule has 0 saturated carbocycles. The van der Waals surface area contributed by atoms with Crippen molar-refractivity contribution in [1.29, 1.82) is 0 Å². The Morgan fingerprint density at radius 2 is 1.91 bits per heavy atom. The molecule has 0 saturated heterocycles. The highest BCUT2D eigenvalue weighted by Gasteiger charge is 2.19. The number of methoxy groups -OCH3 is 1. The van der Waals surface area contributed by atoms with Crippen molar-refractivity contribution in [2.75, 3.05) is 12.4 Å². The Hall–Kier alpha value is -2.45. The molecule has 1 aromatic heterocycles. The zero-order chi connectivity index (χ0) is 16.9. The van der Waals surface area contributed by atoms with Gasteiger partial charge in [0.1, 0.15) is 5.60 Å². The van der Waals surface area contributed by atoms with E-state index in [0.717, 1.165) is 19.2 Å². The average molecular weight is 318 g/mol. The number of hydrogen-bond acceptors (Lipinski definition) is 6. The molecule has 22 heavy (non-hydrogen) atoms. The Bertz CT molecular complexity index is 558. The zero-order valence-corrected chi connectivity index (χ0v) is 12.5. The second-order valence-corrected chi connectivity index (χ2v) is 5.08. The summed E-state index contributed by atoms with van der Waals surface area (Å²) in [6.45, 7) is 1.84. The quantitative estimate of drug-likeness (QED) is 0.859. The highest BCUT2D eigenvalue weighted by Crippen LogP contribution is 2.20. The molecule has 0 fully saturated rings. The van der Waals surface area contributed by atoms with E-state index in [9.17, 15) is 18.4 Å². The fourth-order valence-corrected chi connectivity index (χ4v) is 1.36. The van der Waals surface area contributed by atoms with E-state index in [2.05, 4.69) is 19.8 Å². The van der Waals surface area contributed by atoms with Crippen molar-refractivity contribution in [1.82, 2.24) is 4.98 Å². The van der Waals surface area contributed by atoms with Crippen LogP contribution in [0, 0.1) is 0 Å². The normalized spacial score (nSPS) is 11.0. The monoisotopic (exact) mass is 318 g/mol. The zero-order valence-electron chi connectivity index (χ0n) is 12.5. The van der Waals surface area contributed by atoms with Crippen LogP contribution in [-0.2, 0) is 9.47 Å². The third-order valence-corrected chi connectivity index (χ3v) is 2.05. The Kier molecular flexibility index (Phi) is 5.61. The van der Waals surface area contributed by atoms with Gasteiger partial charge in [-0.25, -0.2) is 14.6 Å². The van der Waals surface area contributed by atoms with E-state index in [-0.39, 0.29) is 11.4 Å². The number of pyridine rings is 1. The molecule has 0 aliphatic rings. The molecule has 1 N–H and O–H groups in total. The largest absolute Gasteiger partial charge is 0.464 e. The van der Waals surface area contributed by atoms with Gasteiger partial charge in [0.15, 0.2) is 5.69 Å². The van der Waals surface area contributed by atoms with Crippen LogP contribution >= 0.6 is 0 Å². The number of alkyl halides is 2. The highest BCUT2D eigenvalue weighted by molar-refractivity contribution is 5.91. The van der Waals surface area contributed by atoms with E-state index >= 15 is 0 Å². The second kappa shape index (κ2) is 7.01. The molecular weight excluding hydrogens is 302 g/mol.